The van der Waals surface area contributed by atoms with Crippen molar-refractivity contribution >= 4 is 10.8 Å². The van der Waals surface area contributed by atoms with Gasteiger partial charge in [0.2, 0.25) is 0 Å². The van der Waals surface area contributed by atoms with E-state index in [9.17, 15) is 0 Å². The van der Waals surface area contributed by atoms with Crippen LogP contribution in [0.4, 0.5) is 0 Å². The van der Waals surface area contributed by atoms with E-state index in [1.54, 1.807) is 0 Å². The predicted octanol–water partition coefficient (Wildman–Crippen LogP) is 7.86. The summed E-state index contributed by atoms with van der Waals surface area (Å²) in [6.07, 6.45) is 1.03. The first-order valence-corrected chi connectivity index (χ1v) is 10.6. The third kappa shape index (κ3) is 2.84. The summed E-state index contributed by atoms with van der Waals surface area (Å²) < 4.78 is 0. The maximum absolute atomic E-state index is 2.42. The Morgan fingerprint density at radius 1 is 0.467 bits per heavy atom. The van der Waals surface area contributed by atoms with Gasteiger partial charge in [-0.25, -0.2) is 0 Å². The van der Waals surface area contributed by atoms with Crippen molar-refractivity contribution in [1.82, 2.24) is 0 Å². The summed E-state index contributed by atoms with van der Waals surface area (Å²) in [5, 5.41) is 2.64. The minimum atomic E-state index is 0.395. The van der Waals surface area contributed by atoms with Crippen LogP contribution in [0, 0.1) is 0 Å². The van der Waals surface area contributed by atoms with Crippen LogP contribution in [0.3, 0.4) is 0 Å². The molecule has 0 aromatic heterocycles. The van der Waals surface area contributed by atoms with Gasteiger partial charge in [0.25, 0.3) is 0 Å². The molecule has 0 spiro atoms. The first-order chi connectivity index (χ1) is 14.9. The summed E-state index contributed by atoms with van der Waals surface area (Å²) >= 11 is 0. The third-order valence-corrected chi connectivity index (χ3v) is 6.40. The quantitative estimate of drug-likeness (QED) is 0.298. The molecule has 30 heavy (non-hydrogen) atoms. The van der Waals surface area contributed by atoms with Crippen LogP contribution in [0.25, 0.3) is 33.0 Å². The zero-order chi connectivity index (χ0) is 19.9. The molecule has 0 radical (unpaired) electrons. The van der Waals surface area contributed by atoms with Crippen molar-refractivity contribution in [2.24, 2.45) is 0 Å². The SMILES string of the molecule is c1ccc(CC2c3ccc(-c4ccccc4)cc3-c3cc4ccccc4cc32)cc1. The number of benzene rings is 5. The van der Waals surface area contributed by atoms with E-state index in [2.05, 4.69) is 115 Å². The Morgan fingerprint density at radius 2 is 1.10 bits per heavy atom. The highest BCUT2D eigenvalue weighted by Gasteiger charge is 2.29. The normalized spacial score (nSPS) is 14.5. The van der Waals surface area contributed by atoms with E-state index < -0.39 is 0 Å². The molecule has 0 heterocycles. The summed E-state index contributed by atoms with van der Waals surface area (Å²) in [7, 11) is 0. The fraction of sp³-hybridized carbons (Fsp3) is 0.0667. The highest BCUT2D eigenvalue weighted by molar-refractivity contribution is 5.93. The second-order valence-electron chi connectivity index (χ2n) is 8.20. The Labute approximate surface area is 177 Å². The van der Waals surface area contributed by atoms with Crippen molar-refractivity contribution in [2.75, 3.05) is 0 Å². The van der Waals surface area contributed by atoms with Crippen LogP contribution >= 0.6 is 0 Å². The van der Waals surface area contributed by atoms with E-state index >= 15 is 0 Å². The van der Waals surface area contributed by atoms with E-state index in [1.807, 2.05) is 0 Å². The lowest BCUT2D eigenvalue weighted by atomic mass is 9.89. The molecule has 0 amide bonds. The van der Waals surface area contributed by atoms with Gasteiger partial charge in [0.1, 0.15) is 0 Å². The Hall–Kier alpha value is -3.64. The van der Waals surface area contributed by atoms with Gasteiger partial charge < -0.3 is 0 Å². The monoisotopic (exact) mass is 382 g/mol. The van der Waals surface area contributed by atoms with Crippen molar-refractivity contribution in [3.8, 4) is 22.3 Å². The summed E-state index contributed by atoms with van der Waals surface area (Å²) in [4.78, 5) is 0. The molecule has 142 valence electrons. The topological polar surface area (TPSA) is 0 Å². The van der Waals surface area contributed by atoms with Crippen molar-refractivity contribution in [3.05, 3.63) is 132 Å². The van der Waals surface area contributed by atoms with Gasteiger partial charge in [-0.2, -0.15) is 0 Å². The number of hydrogen-bond acceptors (Lipinski definition) is 0. The van der Waals surface area contributed by atoms with Crippen LogP contribution in [-0.2, 0) is 6.42 Å². The molecule has 5 aromatic rings. The minimum absolute atomic E-state index is 0.395. The molecule has 1 atom stereocenters. The van der Waals surface area contributed by atoms with Crippen LogP contribution in [0.2, 0.25) is 0 Å². The molecule has 0 saturated carbocycles. The Morgan fingerprint density at radius 3 is 1.87 bits per heavy atom. The molecule has 0 saturated heterocycles. The molecule has 0 fully saturated rings. The Balaban J connectivity index is 1.55. The summed E-state index contributed by atoms with van der Waals surface area (Å²) in [5.74, 6) is 0.395. The van der Waals surface area contributed by atoms with E-state index in [0.717, 1.165) is 6.42 Å². The molecule has 0 heteroatoms. The van der Waals surface area contributed by atoms with Crippen LogP contribution in [-0.4, -0.2) is 0 Å². The van der Waals surface area contributed by atoms with Crippen LogP contribution in [0.5, 0.6) is 0 Å². The fourth-order valence-corrected chi connectivity index (χ4v) is 4.92. The molecule has 0 N–H and O–H groups in total. The summed E-state index contributed by atoms with van der Waals surface area (Å²) in [5.41, 5.74) is 9.63. The Bertz CT molecular complexity index is 1350. The van der Waals surface area contributed by atoms with E-state index in [4.69, 9.17) is 0 Å². The maximum Gasteiger partial charge on any atom is 0.0142 e. The van der Waals surface area contributed by atoms with E-state index in [1.165, 1.54) is 49.7 Å². The molecule has 0 nitrogen and oxygen atoms in total. The lowest BCUT2D eigenvalue weighted by molar-refractivity contribution is 0.828. The number of hydrogen-bond donors (Lipinski definition) is 0. The van der Waals surface area contributed by atoms with E-state index in [-0.39, 0.29) is 0 Å². The molecule has 5 aromatic carbocycles. The van der Waals surface area contributed by atoms with Gasteiger partial charge in [0.15, 0.2) is 0 Å². The molecule has 6 rings (SSSR count). The first-order valence-electron chi connectivity index (χ1n) is 10.6. The average molecular weight is 383 g/mol. The largest absolute Gasteiger partial charge is 0.0622 e. The van der Waals surface area contributed by atoms with Gasteiger partial charge in [0.05, 0.1) is 0 Å². The van der Waals surface area contributed by atoms with Gasteiger partial charge in [-0.15, -0.1) is 0 Å². The van der Waals surface area contributed by atoms with Crippen molar-refractivity contribution in [2.45, 2.75) is 12.3 Å². The molecule has 1 unspecified atom stereocenters. The lowest BCUT2D eigenvalue weighted by Crippen LogP contribution is -2.01. The summed E-state index contributed by atoms with van der Waals surface area (Å²) in [6, 6.07) is 42.1. The molecule has 0 bridgehead atoms. The smallest absolute Gasteiger partial charge is 0.0142 e. The lowest BCUT2D eigenvalue weighted by Gasteiger charge is -2.15. The second-order valence-corrected chi connectivity index (χ2v) is 8.20. The highest BCUT2D eigenvalue weighted by Crippen LogP contribution is 2.48. The standard InChI is InChI=1S/C30H22/c1-3-9-21(10-4-1)17-27-26-16-15-25(22-11-5-2-6-12-22)20-28(26)30-19-24-14-8-7-13-23(24)18-29(27)30/h1-16,18-20,27H,17H2. The minimum Gasteiger partial charge on any atom is -0.0622 e. The van der Waals surface area contributed by atoms with Gasteiger partial charge in [-0.05, 0) is 74.3 Å². The average Bonchev–Trinajstić information content (AvgIpc) is 3.11. The summed E-state index contributed by atoms with van der Waals surface area (Å²) in [6.45, 7) is 0. The maximum atomic E-state index is 2.42. The van der Waals surface area contributed by atoms with Crippen molar-refractivity contribution < 1.29 is 0 Å². The van der Waals surface area contributed by atoms with Crippen LogP contribution < -0.4 is 0 Å². The van der Waals surface area contributed by atoms with Crippen molar-refractivity contribution in [3.63, 3.8) is 0 Å². The van der Waals surface area contributed by atoms with Crippen LogP contribution in [0.15, 0.2) is 115 Å². The predicted molar refractivity (Wildman–Crippen MR) is 127 cm³/mol. The molecular weight excluding hydrogens is 360 g/mol. The highest BCUT2D eigenvalue weighted by atomic mass is 14.3. The number of fused-ring (bicyclic) bond motifs is 4. The van der Waals surface area contributed by atoms with Crippen LogP contribution in [0.1, 0.15) is 22.6 Å². The molecule has 0 aliphatic heterocycles. The zero-order valence-electron chi connectivity index (χ0n) is 16.8. The van der Waals surface area contributed by atoms with Gasteiger partial charge in [0, 0.05) is 5.92 Å². The zero-order valence-corrected chi connectivity index (χ0v) is 16.8. The molecular formula is C30H22. The first kappa shape index (κ1) is 17.2. The van der Waals surface area contributed by atoms with Gasteiger partial charge in [-0.1, -0.05) is 97.1 Å². The van der Waals surface area contributed by atoms with Gasteiger partial charge >= 0.3 is 0 Å². The fourth-order valence-electron chi connectivity index (χ4n) is 4.92. The Kier molecular flexibility index (Phi) is 4.02. The second kappa shape index (κ2) is 7.00. The molecule has 1 aliphatic rings. The van der Waals surface area contributed by atoms with Gasteiger partial charge in [-0.3, -0.25) is 0 Å². The van der Waals surface area contributed by atoms with Crippen molar-refractivity contribution in [1.29, 1.82) is 0 Å². The van der Waals surface area contributed by atoms with E-state index in [0.29, 0.717) is 5.92 Å². The molecule has 1 aliphatic carbocycles. The number of rotatable bonds is 3. The third-order valence-electron chi connectivity index (χ3n) is 6.40.